The van der Waals surface area contributed by atoms with Crippen molar-refractivity contribution >= 4 is 33.7 Å². The molecule has 0 unspecified atom stereocenters. The van der Waals surface area contributed by atoms with Gasteiger partial charge in [-0.25, -0.2) is 0 Å². The molecular weight excluding hydrogens is 448 g/mol. The number of benzene rings is 1. The third kappa shape index (κ3) is 6.38. The van der Waals surface area contributed by atoms with Crippen molar-refractivity contribution in [3.63, 3.8) is 0 Å². The van der Waals surface area contributed by atoms with Gasteiger partial charge in [-0.15, -0.1) is 0 Å². The molecule has 0 atom stereocenters. The Kier molecular flexibility index (Phi) is 7.96. The second kappa shape index (κ2) is 10.9. The van der Waals surface area contributed by atoms with E-state index in [2.05, 4.69) is 31.5 Å². The van der Waals surface area contributed by atoms with Crippen molar-refractivity contribution in [3.05, 3.63) is 64.4 Å². The van der Waals surface area contributed by atoms with Crippen LogP contribution >= 0.6 is 15.9 Å². The summed E-state index contributed by atoms with van der Waals surface area (Å²) in [7, 11) is 0. The molecule has 3 rings (SSSR count). The number of likely N-dealkylation sites (tertiary alicyclic amines) is 1. The van der Waals surface area contributed by atoms with Crippen molar-refractivity contribution in [3.8, 4) is 0 Å². The highest BCUT2D eigenvalue weighted by atomic mass is 79.9. The lowest BCUT2D eigenvalue weighted by Crippen LogP contribution is -2.43. The van der Waals surface area contributed by atoms with Crippen LogP contribution in [0.25, 0.3) is 0 Å². The highest BCUT2D eigenvalue weighted by Crippen LogP contribution is 2.20. The molecule has 1 aromatic carbocycles. The maximum absolute atomic E-state index is 12.6. The van der Waals surface area contributed by atoms with E-state index >= 15 is 0 Å². The summed E-state index contributed by atoms with van der Waals surface area (Å²) in [5.41, 5.74) is 1.63. The number of hydrogen-bond acceptors (Lipinski definition) is 4. The molecule has 0 aliphatic carbocycles. The van der Waals surface area contributed by atoms with E-state index in [0.29, 0.717) is 44.6 Å². The summed E-state index contributed by atoms with van der Waals surface area (Å²) in [6.07, 6.45) is 4.85. The zero-order chi connectivity index (χ0) is 21.3. The van der Waals surface area contributed by atoms with Gasteiger partial charge in [0.15, 0.2) is 0 Å². The molecule has 30 heavy (non-hydrogen) atoms. The van der Waals surface area contributed by atoms with Gasteiger partial charge in [0, 0.05) is 60.9 Å². The number of nitrogens with one attached hydrogen (secondary N) is 2. The van der Waals surface area contributed by atoms with Gasteiger partial charge in [-0.2, -0.15) is 0 Å². The Morgan fingerprint density at radius 1 is 1.00 bits per heavy atom. The Hall–Kier alpha value is -2.74. The highest BCUT2D eigenvalue weighted by Gasteiger charge is 2.27. The number of pyridine rings is 1. The number of hydrogen-bond donors (Lipinski definition) is 2. The number of carbonyl (C=O) groups is 3. The number of nitrogens with zero attached hydrogens (tertiary/aromatic N) is 2. The molecule has 1 aromatic heterocycles. The first kappa shape index (κ1) is 22.0. The van der Waals surface area contributed by atoms with E-state index in [0.717, 1.165) is 10.0 Å². The SMILES string of the molecule is O=C(CCNC(=O)C1CCN(C(=O)c2ccc(Br)cc2)CC1)NCc1ccncc1. The van der Waals surface area contributed by atoms with Crippen LogP contribution in [0.2, 0.25) is 0 Å². The molecule has 1 fully saturated rings. The second-order valence-electron chi connectivity index (χ2n) is 7.25. The molecule has 158 valence electrons. The average Bonchev–Trinajstić information content (AvgIpc) is 2.78. The van der Waals surface area contributed by atoms with Crippen molar-refractivity contribution in [1.82, 2.24) is 20.5 Å². The molecule has 1 aliphatic heterocycles. The van der Waals surface area contributed by atoms with Crippen molar-refractivity contribution in [2.75, 3.05) is 19.6 Å². The van der Waals surface area contributed by atoms with E-state index < -0.39 is 0 Å². The van der Waals surface area contributed by atoms with E-state index in [9.17, 15) is 14.4 Å². The van der Waals surface area contributed by atoms with E-state index in [1.54, 1.807) is 29.4 Å². The third-order valence-electron chi connectivity index (χ3n) is 5.13. The smallest absolute Gasteiger partial charge is 0.253 e. The molecule has 0 radical (unpaired) electrons. The first-order chi connectivity index (χ1) is 14.5. The van der Waals surface area contributed by atoms with Crippen LogP contribution in [0, 0.1) is 5.92 Å². The van der Waals surface area contributed by atoms with Crippen LogP contribution < -0.4 is 10.6 Å². The van der Waals surface area contributed by atoms with Crippen LogP contribution in [-0.2, 0) is 16.1 Å². The first-order valence-electron chi connectivity index (χ1n) is 10.0. The predicted molar refractivity (Wildman–Crippen MR) is 116 cm³/mol. The van der Waals surface area contributed by atoms with Gasteiger partial charge in [0.25, 0.3) is 5.91 Å². The minimum atomic E-state index is -0.126. The third-order valence-corrected chi connectivity index (χ3v) is 5.66. The van der Waals surface area contributed by atoms with Gasteiger partial charge in [-0.1, -0.05) is 15.9 Å². The minimum absolute atomic E-state index is 0.00720. The van der Waals surface area contributed by atoms with E-state index in [-0.39, 0.29) is 30.1 Å². The number of halogens is 1. The highest BCUT2D eigenvalue weighted by molar-refractivity contribution is 9.10. The minimum Gasteiger partial charge on any atom is -0.355 e. The number of carbonyl (C=O) groups excluding carboxylic acids is 3. The van der Waals surface area contributed by atoms with Gasteiger partial charge >= 0.3 is 0 Å². The molecule has 7 nitrogen and oxygen atoms in total. The fourth-order valence-electron chi connectivity index (χ4n) is 3.35. The summed E-state index contributed by atoms with van der Waals surface area (Å²) in [4.78, 5) is 42.6. The Balaban J connectivity index is 1.34. The van der Waals surface area contributed by atoms with Crippen LogP contribution in [-0.4, -0.2) is 47.2 Å². The predicted octanol–water partition coefficient (Wildman–Crippen LogP) is 2.52. The Morgan fingerprint density at radius 3 is 2.33 bits per heavy atom. The Labute approximate surface area is 184 Å². The largest absolute Gasteiger partial charge is 0.355 e. The molecule has 2 heterocycles. The zero-order valence-corrected chi connectivity index (χ0v) is 18.2. The summed E-state index contributed by atoms with van der Waals surface area (Å²) < 4.78 is 0.931. The van der Waals surface area contributed by atoms with Crippen LogP contribution in [0.3, 0.4) is 0 Å². The van der Waals surface area contributed by atoms with Crippen LogP contribution in [0.15, 0.2) is 53.3 Å². The number of amides is 3. The Bertz CT molecular complexity index is 866. The van der Waals surface area contributed by atoms with Gasteiger partial charge in [0.05, 0.1) is 0 Å². The van der Waals surface area contributed by atoms with E-state index in [4.69, 9.17) is 0 Å². The molecule has 2 N–H and O–H groups in total. The molecule has 1 saturated heterocycles. The van der Waals surface area contributed by atoms with Crippen LogP contribution in [0.5, 0.6) is 0 Å². The molecule has 3 amide bonds. The van der Waals surface area contributed by atoms with Crippen molar-refractivity contribution in [2.24, 2.45) is 5.92 Å². The molecule has 8 heteroatoms. The van der Waals surface area contributed by atoms with Gasteiger partial charge in [-0.05, 0) is 54.8 Å². The molecular formula is C22H25BrN4O3. The molecule has 1 aliphatic rings. The fraction of sp³-hybridized carbons (Fsp3) is 0.364. The lowest BCUT2D eigenvalue weighted by Gasteiger charge is -2.31. The summed E-state index contributed by atoms with van der Waals surface area (Å²) in [6, 6.07) is 11.0. The lowest BCUT2D eigenvalue weighted by atomic mass is 9.95. The van der Waals surface area contributed by atoms with Crippen molar-refractivity contribution in [1.29, 1.82) is 0 Å². The van der Waals surface area contributed by atoms with E-state index in [1.165, 1.54) is 0 Å². The van der Waals surface area contributed by atoms with Gasteiger partial charge < -0.3 is 15.5 Å². The van der Waals surface area contributed by atoms with E-state index in [1.807, 2.05) is 24.3 Å². The number of rotatable bonds is 7. The summed E-state index contributed by atoms with van der Waals surface area (Å²) in [5.74, 6) is -0.291. The van der Waals surface area contributed by atoms with Crippen LogP contribution in [0.1, 0.15) is 35.2 Å². The zero-order valence-electron chi connectivity index (χ0n) is 16.6. The topological polar surface area (TPSA) is 91.4 Å². The average molecular weight is 473 g/mol. The van der Waals surface area contributed by atoms with Gasteiger partial charge in [-0.3, -0.25) is 19.4 Å². The van der Waals surface area contributed by atoms with Crippen molar-refractivity contribution < 1.29 is 14.4 Å². The monoisotopic (exact) mass is 472 g/mol. The van der Waals surface area contributed by atoms with Crippen molar-refractivity contribution in [2.45, 2.75) is 25.8 Å². The Morgan fingerprint density at radius 2 is 1.67 bits per heavy atom. The maximum Gasteiger partial charge on any atom is 0.253 e. The second-order valence-corrected chi connectivity index (χ2v) is 8.16. The number of piperidine rings is 1. The van der Waals surface area contributed by atoms with Gasteiger partial charge in [0.1, 0.15) is 0 Å². The number of aromatic nitrogens is 1. The normalized spacial score (nSPS) is 14.2. The maximum atomic E-state index is 12.6. The molecule has 0 spiro atoms. The summed E-state index contributed by atoms with van der Waals surface area (Å²) in [5, 5.41) is 5.67. The molecule has 0 saturated carbocycles. The summed E-state index contributed by atoms with van der Waals surface area (Å²) >= 11 is 3.37. The van der Waals surface area contributed by atoms with Crippen LogP contribution in [0.4, 0.5) is 0 Å². The first-order valence-corrected chi connectivity index (χ1v) is 10.8. The van der Waals surface area contributed by atoms with Gasteiger partial charge in [0.2, 0.25) is 11.8 Å². The standard InChI is InChI=1S/C22H25BrN4O3/c23-19-3-1-18(2-4-19)22(30)27-13-8-17(9-14-27)21(29)25-12-7-20(28)26-15-16-5-10-24-11-6-16/h1-6,10-11,17H,7-9,12-15H2,(H,25,29)(H,26,28). The molecule has 0 bridgehead atoms. The quantitative estimate of drug-likeness (QED) is 0.647. The molecule has 2 aromatic rings. The fourth-order valence-corrected chi connectivity index (χ4v) is 3.62. The summed E-state index contributed by atoms with van der Waals surface area (Å²) in [6.45, 7) is 1.86. The lowest BCUT2D eigenvalue weighted by molar-refractivity contribution is -0.126.